The third-order valence-corrected chi connectivity index (χ3v) is 1.66. The molecule has 0 aromatic carbocycles. The van der Waals surface area contributed by atoms with E-state index in [9.17, 15) is 0 Å². The fraction of sp³-hybridized carbons (Fsp3) is 0.857. The van der Waals surface area contributed by atoms with Crippen molar-refractivity contribution in [1.82, 2.24) is 0 Å². The monoisotopic (exact) mass is 283 g/mol. The van der Waals surface area contributed by atoms with Crippen molar-refractivity contribution in [2.75, 3.05) is 13.1 Å². The van der Waals surface area contributed by atoms with Gasteiger partial charge in [0, 0.05) is 0 Å². The smallest absolute Gasteiger partial charge is 0.662 e. The Bertz CT molecular complexity index is 53.6. The zero-order chi connectivity index (χ0) is 5.11. The Morgan fingerprint density at radius 1 is 1.40 bits per heavy atom. The summed E-state index contributed by atoms with van der Waals surface area (Å²) in [6.07, 6.45) is 2.67. The zero-order valence-corrected chi connectivity index (χ0v) is 17.7. The molecule has 0 saturated carbocycles. The first-order valence-electron chi connectivity index (χ1n) is 3.06. The molecule has 50 valence electrons. The van der Waals surface area contributed by atoms with E-state index < -0.39 is 0 Å². The molecule has 3 heteroatoms. The van der Waals surface area contributed by atoms with Gasteiger partial charge in [-0.2, -0.15) is 0 Å². The summed E-state index contributed by atoms with van der Waals surface area (Å²) in [5, 5.41) is 4.24. The van der Waals surface area contributed by atoms with E-state index >= 15 is 0 Å². The van der Waals surface area contributed by atoms with Crippen LogP contribution in [0.15, 0.2) is 0 Å². The van der Waals surface area contributed by atoms with E-state index in [1.54, 1.807) is 0 Å². The van der Waals surface area contributed by atoms with Gasteiger partial charge in [0.1, 0.15) is 0 Å². The van der Waals surface area contributed by atoms with Crippen molar-refractivity contribution < 1.29 is 116 Å². The summed E-state index contributed by atoms with van der Waals surface area (Å²) in [7, 11) is 0. The van der Waals surface area contributed by atoms with Crippen molar-refractivity contribution >= 4 is 0 Å². The van der Waals surface area contributed by atoms with E-state index in [0.717, 1.165) is 19.0 Å². The van der Waals surface area contributed by atoms with Crippen molar-refractivity contribution in [3.05, 3.63) is 12.7 Å². The molecule has 0 spiro atoms. The van der Waals surface area contributed by atoms with E-state index in [4.69, 9.17) is 0 Å². The Morgan fingerprint density at radius 2 is 2.00 bits per heavy atom. The Kier molecular flexibility index (Phi) is 24.1. The number of hydrogen-bond acceptors (Lipinski definition) is 0. The van der Waals surface area contributed by atoms with Gasteiger partial charge in [0.15, 0.2) is 0 Å². The summed E-state index contributed by atoms with van der Waals surface area (Å²) in [6, 6.07) is 0. The Morgan fingerprint density at radius 3 is 2.20 bits per heavy atom. The maximum absolute atomic E-state index is 4.24. The summed E-state index contributed by atoms with van der Waals surface area (Å²) in [5.41, 5.74) is 0. The molecule has 0 aromatic rings. The summed E-state index contributed by atoms with van der Waals surface area (Å²) in [5.74, 6) is 0.931. The summed E-state index contributed by atoms with van der Waals surface area (Å²) >= 11 is 0. The molecule has 1 atom stereocenters. The van der Waals surface area contributed by atoms with E-state index in [2.05, 4.69) is 12.2 Å². The van der Waals surface area contributed by atoms with E-state index in [1.165, 1.54) is 12.8 Å². The molecule has 0 radical (unpaired) electrons. The van der Waals surface area contributed by atoms with Gasteiger partial charge in [-0.15, -0.1) is 13.1 Å². The predicted molar refractivity (Wildman–Crippen MR) is 37.9 cm³/mol. The van der Waals surface area contributed by atoms with Crippen LogP contribution < -0.4 is 116 Å². The van der Waals surface area contributed by atoms with Gasteiger partial charge in [0.2, 0.25) is 0 Å². The largest absolute Gasteiger partial charge is 1.00 e. The maximum atomic E-state index is 4.24. The molecule has 1 aliphatic rings. The van der Waals surface area contributed by atoms with Crippen LogP contribution in [0, 0.1) is 13.3 Å². The fourth-order valence-electron chi connectivity index (χ4n) is 0.972. The summed E-state index contributed by atoms with van der Waals surface area (Å²) in [4.78, 5) is 0. The second-order valence-electron chi connectivity index (χ2n) is 2.19. The first kappa shape index (κ1) is 19.2. The van der Waals surface area contributed by atoms with Crippen LogP contribution in [0.3, 0.4) is 0 Å². The molecule has 1 aliphatic heterocycles. The number of hydrogen-bond donors (Lipinski definition) is 0. The van der Waals surface area contributed by atoms with Gasteiger partial charge in [0.05, 0.1) is 0 Å². The van der Waals surface area contributed by atoms with Gasteiger partial charge >= 0.3 is 116 Å². The minimum atomic E-state index is 0. The second kappa shape index (κ2) is 12.6. The van der Waals surface area contributed by atoms with Crippen LogP contribution in [0.4, 0.5) is 0 Å². The molecule has 0 bridgehead atoms. The molecular weight excluding hydrogens is 269 g/mol. The molecule has 1 rings (SSSR count). The van der Waals surface area contributed by atoms with Crippen LogP contribution in [0.5, 0.6) is 0 Å². The van der Waals surface area contributed by atoms with Crippen LogP contribution in [0.1, 0.15) is 19.8 Å². The quantitative estimate of drug-likeness (QED) is 0.439. The molecule has 0 amide bonds. The maximum Gasteiger partial charge on any atom is 1.00 e. The van der Waals surface area contributed by atoms with Crippen molar-refractivity contribution in [1.29, 1.82) is 0 Å². The summed E-state index contributed by atoms with van der Waals surface area (Å²) in [6.45, 7) is 4.50. The van der Waals surface area contributed by atoms with Gasteiger partial charge in [-0.1, -0.05) is 25.7 Å². The minimum absolute atomic E-state index is 0. The molecular formula is C7H15NRb2. The first-order chi connectivity index (χ1) is 3.43. The SMILES string of the molecule is CCC1CC[N-]C1.[CH3-].[Rb+].[Rb+]. The molecule has 10 heavy (non-hydrogen) atoms. The zero-order valence-electron chi connectivity index (χ0n) is 7.85. The van der Waals surface area contributed by atoms with Crippen LogP contribution in [-0.4, -0.2) is 13.1 Å². The van der Waals surface area contributed by atoms with Gasteiger partial charge in [-0.05, 0) is 0 Å². The van der Waals surface area contributed by atoms with Gasteiger partial charge < -0.3 is 12.7 Å². The topological polar surface area (TPSA) is 14.1 Å². The van der Waals surface area contributed by atoms with Gasteiger partial charge in [0.25, 0.3) is 0 Å². The van der Waals surface area contributed by atoms with Crippen LogP contribution in [0.2, 0.25) is 0 Å². The standard InChI is InChI=1S/C6H12N.CH3.2Rb/c1-2-6-3-4-7-5-6;;;/h6H,2-5H2,1H3;1H3;;/q2*-1;2*+1. The molecule has 0 aliphatic carbocycles. The summed E-state index contributed by atoms with van der Waals surface area (Å²) < 4.78 is 0. The van der Waals surface area contributed by atoms with Crippen LogP contribution in [-0.2, 0) is 0 Å². The van der Waals surface area contributed by atoms with Crippen LogP contribution >= 0.6 is 0 Å². The predicted octanol–water partition coefficient (Wildman–Crippen LogP) is -3.75. The Hall–Kier alpha value is 3.57. The van der Waals surface area contributed by atoms with Crippen LogP contribution in [0.25, 0.3) is 5.32 Å². The normalized spacial score (nSPS) is 21.9. The third-order valence-electron chi connectivity index (χ3n) is 1.66. The second-order valence-corrected chi connectivity index (χ2v) is 2.19. The molecule has 1 saturated heterocycles. The van der Waals surface area contributed by atoms with E-state index in [0.29, 0.717) is 0 Å². The average molecular weight is 284 g/mol. The Balaban J connectivity index is -0.000000163. The molecule has 0 aromatic heterocycles. The molecule has 0 N–H and O–H groups in total. The van der Waals surface area contributed by atoms with Gasteiger partial charge in [-0.3, -0.25) is 0 Å². The number of nitrogens with zero attached hydrogens (tertiary/aromatic N) is 1. The fourth-order valence-corrected chi connectivity index (χ4v) is 0.972. The molecule has 1 fully saturated rings. The molecule has 1 nitrogen and oxygen atoms in total. The Labute approximate surface area is 163 Å². The first-order valence-corrected chi connectivity index (χ1v) is 3.06. The average Bonchev–Trinajstić information content (AvgIpc) is 2.14. The van der Waals surface area contributed by atoms with Crippen molar-refractivity contribution in [2.24, 2.45) is 5.92 Å². The minimum Gasteiger partial charge on any atom is -0.662 e. The van der Waals surface area contributed by atoms with Gasteiger partial charge in [-0.25, -0.2) is 0 Å². The van der Waals surface area contributed by atoms with Crippen molar-refractivity contribution in [3.8, 4) is 0 Å². The van der Waals surface area contributed by atoms with E-state index in [-0.39, 0.29) is 124 Å². The van der Waals surface area contributed by atoms with Crippen molar-refractivity contribution in [3.63, 3.8) is 0 Å². The third kappa shape index (κ3) is 8.18. The number of rotatable bonds is 1. The van der Waals surface area contributed by atoms with Crippen molar-refractivity contribution in [2.45, 2.75) is 19.8 Å². The molecule has 1 unspecified atom stereocenters. The van der Waals surface area contributed by atoms with E-state index in [1.807, 2.05) is 0 Å². The molecule has 1 heterocycles.